The highest BCUT2D eigenvalue weighted by atomic mass is 16.5. The van der Waals surface area contributed by atoms with E-state index in [0.29, 0.717) is 18.0 Å². The Morgan fingerprint density at radius 1 is 0.964 bits per heavy atom. The number of methoxy groups -OCH3 is 1. The van der Waals surface area contributed by atoms with Crippen LogP contribution in [0, 0.1) is 27.7 Å². The SMILES string of the molecule is COc1ccc(C)cc1NC(=O)NCc1cc(C)n(-c2ccc(C)cc2)c1C. The molecule has 146 valence electrons. The van der Waals surface area contributed by atoms with Crippen molar-refractivity contribution in [2.75, 3.05) is 12.4 Å². The van der Waals surface area contributed by atoms with Gasteiger partial charge in [0.25, 0.3) is 0 Å². The second-order valence-electron chi connectivity index (χ2n) is 7.08. The number of hydrogen-bond donors (Lipinski definition) is 2. The predicted molar refractivity (Wildman–Crippen MR) is 114 cm³/mol. The molecule has 0 bridgehead atoms. The second kappa shape index (κ2) is 8.21. The van der Waals surface area contributed by atoms with Crippen LogP contribution in [0.3, 0.4) is 0 Å². The van der Waals surface area contributed by atoms with Crippen LogP contribution in [-0.2, 0) is 6.54 Å². The lowest BCUT2D eigenvalue weighted by Gasteiger charge is -2.13. The molecule has 0 saturated heterocycles. The van der Waals surface area contributed by atoms with Crippen LogP contribution < -0.4 is 15.4 Å². The average Bonchev–Trinajstić information content (AvgIpc) is 2.95. The molecular weight excluding hydrogens is 350 g/mol. The monoisotopic (exact) mass is 377 g/mol. The molecule has 0 spiro atoms. The maximum atomic E-state index is 12.4. The number of urea groups is 1. The van der Waals surface area contributed by atoms with Crippen molar-refractivity contribution in [2.45, 2.75) is 34.2 Å². The van der Waals surface area contributed by atoms with Crippen LogP contribution in [0.25, 0.3) is 5.69 Å². The van der Waals surface area contributed by atoms with Crippen molar-refractivity contribution in [3.63, 3.8) is 0 Å². The fourth-order valence-electron chi connectivity index (χ4n) is 3.36. The fraction of sp³-hybridized carbons (Fsp3) is 0.261. The van der Waals surface area contributed by atoms with Crippen molar-refractivity contribution in [1.82, 2.24) is 9.88 Å². The number of anilines is 1. The summed E-state index contributed by atoms with van der Waals surface area (Å²) in [5.74, 6) is 0.637. The molecule has 0 aliphatic heterocycles. The van der Waals surface area contributed by atoms with E-state index in [1.165, 1.54) is 5.56 Å². The first kappa shape index (κ1) is 19.5. The zero-order valence-electron chi connectivity index (χ0n) is 17.1. The molecule has 0 saturated carbocycles. The molecule has 0 atom stereocenters. The largest absolute Gasteiger partial charge is 0.495 e. The number of carbonyl (C=O) groups is 1. The first-order valence-corrected chi connectivity index (χ1v) is 9.33. The molecule has 2 N–H and O–H groups in total. The summed E-state index contributed by atoms with van der Waals surface area (Å²) in [6.07, 6.45) is 0. The highest BCUT2D eigenvalue weighted by Crippen LogP contribution is 2.25. The Morgan fingerprint density at radius 3 is 2.32 bits per heavy atom. The molecular formula is C23H27N3O2. The summed E-state index contributed by atoms with van der Waals surface area (Å²) >= 11 is 0. The van der Waals surface area contributed by atoms with Gasteiger partial charge < -0.3 is 19.9 Å². The number of aromatic nitrogens is 1. The molecule has 0 unspecified atom stereocenters. The van der Waals surface area contributed by atoms with Crippen molar-refractivity contribution in [1.29, 1.82) is 0 Å². The summed E-state index contributed by atoms with van der Waals surface area (Å²) in [7, 11) is 1.59. The van der Waals surface area contributed by atoms with Gasteiger partial charge in [0.05, 0.1) is 12.8 Å². The van der Waals surface area contributed by atoms with Gasteiger partial charge in [-0.25, -0.2) is 4.79 Å². The van der Waals surface area contributed by atoms with E-state index in [0.717, 1.165) is 28.2 Å². The maximum Gasteiger partial charge on any atom is 0.319 e. The van der Waals surface area contributed by atoms with E-state index < -0.39 is 0 Å². The summed E-state index contributed by atoms with van der Waals surface area (Å²) in [5.41, 5.74) is 7.41. The van der Waals surface area contributed by atoms with Gasteiger partial charge >= 0.3 is 6.03 Å². The highest BCUT2D eigenvalue weighted by molar-refractivity contribution is 5.91. The van der Waals surface area contributed by atoms with E-state index in [4.69, 9.17) is 4.74 Å². The summed E-state index contributed by atoms with van der Waals surface area (Å²) in [4.78, 5) is 12.4. The molecule has 3 aromatic rings. The Balaban J connectivity index is 1.71. The number of benzene rings is 2. The third-order valence-corrected chi connectivity index (χ3v) is 4.87. The van der Waals surface area contributed by atoms with Crippen molar-refractivity contribution in [3.8, 4) is 11.4 Å². The van der Waals surface area contributed by atoms with Crippen molar-refractivity contribution in [3.05, 3.63) is 76.6 Å². The van der Waals surface area contributed by atoms with Crippen LogP contribution in [-0.4, -0.2) is 17.7 Å². The molecule has 0 aliphatic carbocycles. The minimum Gasteiger partial charge on any atom is -0.495 e. The molecule has 2 amide bonds. The first-order chi connectivity index (χ1) is 13.4. The zero-order valence-corrected chi connectivity index (χ0v) is 17.1. The Hall–Kier alpha value is -3.21. The average molecular weight is 377 g/mol. The summed E-state index contributed by atoms with van der Waals surface area (Å²) in [6, 6.07) is 16.0. The lowest BCUT2D eigenvalue weighted by Crippen LogP contribution is -2.28. The van der Waals surface area contributed by atoms with E-state index in [1.807, 2.05) is 25.1 Å². The van der Waals surface area contributed by atoms with E-state index in [1.54, 1.807) is 7.11 Å². The molecule has 0 fully saturated rings. The Labute approximate surface area is 166 Å². The molecule has 3 rings (SSSR count). The molecule has 1 heterocycles. The van der Waals surface area contributed by atoms with Crippen molar-refractivity contribution >= 4 is 11.7 Å². The smallest absolute Gasteiger partial charge is 0.319 e. The van der Waals surface area contributed by atoms with E-state index >= 15 is 0 Å². The lowest BCUT2D eigenvalue weighted by molar-refractivity contribution is 0.251. The van der Waals surface area contributed by atoms with Gasteiger partial charge in [-0.1, -0.05) is 23.8 Å². The van der Waals surface area contributed by atoms with Gasteiger partial charge in [0.15, 0.2) is 0 Å². The van der Waals surface area contributed by atoms with Gasteiger partial charge in [0, 0.05) is 23.6 Å². The normalized spacial score (nSPS) is 10.6. The minimum absolute atomic E-state index is 0.260. The number of hydrogen-bond acceptors (Lipinski definition) is 2. The number of carbonyl (C=O) groups excluding carboxylic acids is 1. The van der Waals surface area contributed by atoms with Crippen molar-refractivity contribution < 1.29 is 9.53 Å². The van der Waals surface area contributed by atoms with Crippen molar-refractivity contribution in [2.24, 2.45) is 0 Å². The second-order valence-corrected chi connectivity index (χ2v) is 7.08. The zero-order chi connectivity index (χ0) is 20.3. The highest BCUT2D eigenvalue weighted by Gasteiger charge is 2.12. The molecule has 0 radical (unpaired) electrons. The molecule has 2 aromatic carbocycles. The third kappa shape index (κ3) is 4.19. The van der Waals surface area contributed by atoms with Gasteiger partial charge in [0.2, 0.25) is 0 Å². The van der Waals surface area contributed by atoms with Crippen LogP contribution >= 0.6 is 0 Å². The molecule has 28 heavy (non-hydrogen) atoms. The Bertz CT molecular complexity index is 988. The standard InChI is InChI=1S/C23H27N3O2/c1-15-6-9-20(10-7-15)26-17(3)13-19(18(26)4)14-24-23(27)25-21-12-16(2)8-11-22(21)28-5/h6-13H,14H2,1-5H3,(H2,24,25,27). The van der Waals surface area contributed by atoms with Gasteiger partial charge in [-0.15, -0.1) is 0 Å². The first-order valence-electron chi connectivity index (χ1n) is 9.33. The third-order valence-electron chi connectivity index (χ3n) is 4.87. The molecule has 1 aromatic heterocycles. The van der Waals surface area contributed by atoms with E-state index in [9.17, 15) is 4.79 Å². The Kier molecular flexibility index (Phi) is 5.73. The summed E-state index contributed by atoms with van der Waals surface area (Å²) in [5, 5.41) is 5.81. The van der Waals surface area contributed by atoms with Gasteiger partial charge in [-0.3, -0.25) is 0 Å². The van der Waals surface area contributed by atoms with Gasteiger partial charge in [-0.2, -0.15) is 0 Å². The topological polar surface area (TPSA) is 55.3 Å². The predicted octanol–water partition coefficient (Wildman–Crippen LogP) is 5.04. The lowest BCUT2D eigenvalue weighted by atomic mass is 10.2. The summed E-state index contributed by atoms with van der Waals surface area (Å²) < 4.78 is 7.52. The van der Waals surface area contributed by atoms with Crippen LogP contribution in [0.15, 0.2) is 48.5 Å². The van der Waals surface area contributed by atoms with Crippen LogP contribution in [0.1, 0.15) is 28.1 Å². The van der Waals surface area contributed by atoms with Crippen LogP contribution in [0.4, 0.5) is 10.5 Å². The number of rotatable bonds is 5. The molecule has 5 nitrogen and oxygen atoms in total. The fourth-order valence-corrected chi connectivity index (χ4v) is 3.36. The molecule has 0 aliphatic rings. The van der Waals surface area contributed by atoms with Gasteiger partial charge in [0.1, 0.15) is 5.75 Å². The minimum atomic E-state index is -0.260. The van der Waals surface area contributed by atoms with E-state index in [2.05, 4.69) is 66.3 Å². The molecule has 5 heteroatoms. The van der Waals surface area contributed by atoms with Crippen LogP contribution in [0.2, 0.25) is 0 Å². The number of ether oxygens (including phenoxy) is 1. The number of nitrogens with zero attached hydrogens (tertiary/aromatic N) is 1. The van der Waals surface area contributed by atoms with Crippen LogP contribution in [0.5, 0.6) is 5.75 Å². The number of nitrogens with one attached hydrogen (secondary N) is 2. The van der Waals surface area contributed by atoms with E-state index in [-0.39, 0.29) is 6.03 Å². The Morgan fingerprint density at radius 2 is 1.64 bits per heavy atom. The quantitative estimate of drug-likeness (QED) is 0.654. The number of amides is 2. The number of aryl methyl sites for hydroxylation is 3. The summed E-state index contributed by atoms with van der Waals surface area (Å²) in [6.45, 7) is 8.66. The van der Waals surface area contributed by atoms with Gasteiger partial charge in [-0.05, 0) is 69.2 Å². The maximum absolute atomic E-state index is 12.4.